The van der Waals surface area contributed by atoms with Crippen molar-refractivity contribution in [2.24, 2.45) is 0 Å². The average molecular weight is 293 g/mol. The van der Waals surface area contributed by atoms with E-state index in [2.05, 4.69) is 5.32 Å². The fraction of sp³-hybridized carbons (Fsp3) is 0.133. The molecule has 0 unspecified atom stereocenters. The molecule has 2 rings (SSSR count). The van der Waals surface area contributed by atoms with Crippen molar-refractivity contribution in [2.45, 2.75) is 0 Å². The van der Waals surface area contributed by atoms with Gasteiger partial charge in [-0.25, -0.2) is 8.78 Å². The number of amides is 1. The van der Waals surface area contributed by atoms with Crippen LogP contribution in [0.4, 0.5) is 14.5 Å². The predicted molar refractivity (Wildman–Crippen MR) is 73.5 cm³/mol. The van der Waals surface area contributed by atoms with Crippen LogP contribution in [0.1, 0.15) is 0 Å². The molecule has 2 aromatic rings. The maximum Gasteiger partial charge on any atom is 0.262 e. The highest BCUT2D eigenvalue weighted by molar-refractivity contribution is 5.93. The Labute approximate surface area is 120 Å². The van der Waals surface area contributed by atoms with Crippen molar-refractivity contribution in [1.82, 2.24) is 0 Å². The molecule has 6 heteroatoms. The summed E-state index contributed by atoms with van der Waals surface area (Å²) < 4.78 is 36.1. The molecule has 0 aliphatic rings. The largest absolute Gasteiger partial charge is 0.495 e. The van der Waals surface area contributed by atoms with Gasteiger partial charge in [-0.05, 0) is 36.4 Å². The lowest BCUT2D eigenvalue weighted by molar-refractivity contribution is -0.118. The maximum absolute atomic E-state index is 13.1. The molecule has 0 spiro atoms. The van der Waals surface area contributed by atoms with Gasteiger partial charge in [0.2, 0.25) is 0 Å². The van der Waals surface area contributed by atoms with E-state index in [1.165, 1.54) is 43.5 Å². The molecule has 0 aromatic heterocycles. The summed E-state index contributed by atoms with van der Waals surface area (Å²) in [5.74, 6) is -0.672. The van der Waals surface area contributed by atoms with Gasteiger partial charge in [0.15, 0.2) is 6.61 Å². The first kappa shape index (κ1) is 14.8. The minimum atomic E-state index is -0.495. The molecular formula is C15H13F2NO3. The normalized spacial score (nSPS) is 10.0. The number of benzene rings is 2. The van der Waals surface area contributed by atoms with Crippen LogP contribution in [0.3, 0.4) is 0 Å². The fourth-order valence-corrected chi connectivity index (χ4v) is 1.64. The summed E-state index contributed by atoms with van der Waals surface area (Å²) in [5, 5.41) is 2.48. The lowest BCUT2D eigenvalue weighted by Gasteiger charge is -2.11. The number of halogens is 2. The molecule has 2 aromatic carbocycles. The molecular weight excluding hydrogens is 280 g/mol. The van der Waals surface area contributed by atoms with E-state index in [-0.39, 0.29) is 12.3 Å². The number of anilines is 1. The van der Waals surface area contributed by atoms with Gasteiger partial charge in [-0.3, -0.25) is 4.79 Å². The van der Waals surface area contributed by atoms with E-state index in [0.29, 0.717) is 11.5 Å². The van der Waals surface area contributed by atoms with E-state index < -0.39 is 17.5 Å². The van der Waals surface area contributed by atoms with Crippen molar-refractivity contribution >= 4 is 11.6 Å². The highest BCUT2D eigenvalue weighted by Crippen LogP contribution is 2.24. The first-order valence-electron chi connectivity index (χ1n) is 6.10. The first-order chi connectivity index (χ1) is 10.1. The fourth-order valence-electron chi connectivity index (χ4n) is 1.64. The Morgan fingerprint density at radius 3 is 2.43 bits per heavy atom. The van der Waals surface area contributed by atoms with Gasteiger partial charge in [-0.15, -0.1) is 0 Å². The Balaban J connectivity index is 1.95. The lowest BCUT2D eigenvalue weighted by atomic mass is 10.3. The second-order valence-electron chi connectivity index (χ2n) is 4.14. The molecule has 0 aliphatic carbocycles. The quantitative estimate of drug-likeness (QED) is 0.922. The molecule has 0 saturated carbocycles. The van der Waals surface area contributed by atoms with E-state index >= 15 is 0 Å². The van der Waals surface area contributed by atoms with Crippen LogP contribution in [0, 0.1) is 11.6 Å². The molecule has 0 saturated heterocycles. The molecule has 1 N–H and O–H groups in total. The standard InChI is InChI=1S/C15H13F2NO3/c1-20-14-7-4-11(17)8-13(14)18-15(19)9-21-12-5-2-10(16)3-6-12/h2-8H,9H2,1H3,(H,18,19). The van der Waals surface area contributed by atoms with Gasteiger partial charge in [0, 0.05) is 6.07 Å². The van der Waals surface area contributed by atoms with Crippen molar-refractivity contribution in [1.29, 1.82) is 0 Å². The van der Waals surface area contributed by atoms with Gasteiger partial charge in [0.05, 0.1) is 12.8 Å². The van der Waals surface area contributed by atoms with Gasteiger partial charge in [-0.1, -0.05) is 0 Å². The summed E-state index contributed by atoms with van der Waals surface area (Å²) in [7, 11) is 1.41. The van der Waals surface area contributed by atoms with Crippen LogP contribution in [0.25, 0.3) is 0 Å². The number of hydrogen-bond donors (Lipinski definition) is 1. The van der Waals surface area contributed by atoms with Crippen molar-refractivity contribution in [3.05, 3.63) is 54.1 Å². The maximum atomic E-state index is 13.1. The van der Waals surface area contributed by atoms with Crippen LogP contribution in [0.15, 0.2) is 42.5 Å². The van der Waals surface area contributed by atoms with Gasteiger partial charge in [-0.2, -0.15) is 0 Å². The second kappa shape index (κ2) is 6.69. The molecule has 0 aliphatic heterocycles. The lowest BCUT2D eigenvalue weighted by Crippen LogP contribution is -2.20. The van der Waals surface area contributed by atoms with E-state index in [0.717, 1.165) is 6.07 Å². The monoisotopic (exact) mass is 293 g/mol. The zero-order valence-corrected chi connectivity index (χ0v) is 11.2. The zero-order chi connectivity index (χ0) is 15.2. The topological polar surface area (TPSA) is 47.6 Å². The number of methoxy groups -OCH3 is 1. The molecule has 4 nitrogen and oxygen atoms in total. The van der Waals surface area contributed by atoms with Crippen LogP contribution in [0.5, 0.6) is 11.5 Å². The van der Waals surface area contributed by atoms with Gasteiger partial charge < -0.3 is 14.8 Å². The van der Waals surface area contributed by atoms with E-state index in [9.17, 15) is 13.6 Å². The number of nitrogens with one attached hydrogen (secondary N) is 1. The van der Waals surface area contributed by atoms with E-state index in [1.54, 1.807) is 0 Å². The van der Waals surface area contributed by atoms with E-state index in [1.807, 2.05) is 0 Å². The summed E-state index contributed by atoms with van der Waals surface area (Å²) in [6.45, 7) is -0.286. The minimum absolute atomic E-state index is 0.213. The van der Waals surface area contributed by atoms with Crippen molar-refractivity contribution < 1.29 is 23.0 Å². The van der Waals surface area contributed by atoms with Crippen molar-refractivity contribution in [2.75, 3.05) is 19.0 Å². The molecule has 0 fully saturated rings. The summed E-state index contributed by atoms with van der Waals surface area (Å²) in [5.41, 5.74) is 0.213. The smallest absolute Gasteiger partial charge is 0.262 e. The average Bonchev–Trinajstić information content (AvgIpc) is 2.47. The van der Waals surface area contributed by atoms with Gasteiger partial charge in [0.1, 0.15) is 23.1 Å². The summed E-state index contributed by atoms with van der Waals surface area (Å²) in [6, 6.07) is 9.05. The van der Waals surface area contributed by atoms with Gasteiger partial charge >= 0.3 is 0 Å². The van der Waals surface area contributed by atoms with Gasteiger partial charge in [0.25, 0.3) is 5.91 Å². The van der Waals surface area contributed by atoms with Crippen LogP contribution in [-0.4, -0.2) is 19.6 Å². The Morgan fingerprint density at radius 1 is 1.10 bits per heavy atom. The Morgan fingerprint density at radius 2 is 1.76 bits per heavy atom. The molecule has 110 valence electrons. The second-order valence-corrected chi connectivity index (χ2v) is 4.14. The predicted octanol–water partition coefficient (Wildman–Crippen LogP) is 2.99. The number of ether oxygens (including phenoxy) is 2. The van der Waals surface area contributed by atoms with Crippen molar-refractivity contribution in [3.8, 4) is 11.5 Å². The number of carbonyl (C=O) groups is 1. The summed E-state index contributed by atoms with van der Waals surface area (Å²) in [6.07, 6.45) is 0. The highest BCUT2D eigenvalue weighted by Gasteiger charge is 2.09. The molecule has 0 bridgehead atoms. The van der Waals surface area contributed by atoms with Crippen LogP contribution in [0.2, 0.25) is 0 Å². The minimum Gasteiger partial charge on any atom is -0.495 e. The third kappa shape index (κ3) is 4.17. The molecule has 21 heavy (non-hydrogen) atoms. The third-order valence-electron chi connectivity index (χ3n) is 2.62. The highest BCUT2D eigenvalue weighted by atomic mass is 19.1. The molecule has 0 atom stereocenters. The Bertz CT molecular complexity index is 629. The Kier molecular flexibility index (Phi) is 4.71. The third-order valence-corrected chi connectivity index (χ3v) is 2.62. The SMILES string of the molecule is COc1ccc(F)cc1NC(=O)COc1ccc(F)cc1. The van der Waals surface area contributed by atoms with Crippen LogP contribution in [-0.2, 0) is 4.79 Å². The summed E-state index contributed by atoms with van der Waals surface area (Å²) in [4.78, 5) is 11.7. The molecule has 0 heterocycles. The Hall–Kier alpha value is -2.63. The summed E-state index contributed by atoms with van der Waals surface area (Å²) >= 11 is 0. The molecule has 0 radical (unpaired) electrons. The molecule has 1 amide bonds. The number of hydrogen-bond acceptors (Lipinski definition) is 3. The van der Waals surface area contributed by atoms with E-state index in [4.69, 9.17) is 9.47 Å². The number of carbonyl (C=O) groups excluding carboxylic acids is 1. The zero-order valence-electron chi connectivity index (χ0n) is 11.2. The van der Waals surface area contributed by atoms with Crippen molar-refractivity contribution in [3.63, 3.8) is 0 Å². The number of rotatable bonds is 5. The first-order valence-corrected chi connectivity index (χ1v) is 6.10. The van der Waals surface area contributed by atoms with Crippen LogP contribution < -0.4 is 14.8 Å². The van der Waals surface area contributed by atoms with Crippen LogP contribution >= 0.6 is 0 Å².